The van der Waals surface area contributed by atoms with E-state index in [1.807, 2.05) is 6.92 Å². The smallest absolute Gasteiger partial charge is 0.0801 e. The minimum atomic E-state index is 0. The first-order chi connectivity index (χ1) is 10.8. The molecule has 3 unspecified atom stereocenters. The van der Waals surface area contributed by atoms with Gasteiger partial charge in [0.1, 0.15) is 0 Å². The quantitative estimate of drug-likeness (QED) is 0.524. The van der Waals surface area contributed by atoms with Gasteiger partial charge in [-0.3, -0.25) is 0 Å². The maximum Gasteiger partial charge on any atom is 0.0801 e. The molecule has 24 heavy (non-hydrogen) atoms. The molecule has 0 N–H and O–H groups in total. The second-order valence-electron chi connectivity index (χ2n) is 6.12. The molecule has 152 valence electrons. The van der Waals surface area contributed by atoms with Gasteiger partial charge in [-0.05, 0) is 26.2 Å². The van der Waals surface area contributed by atoms with Crippen LogP contribution in [-0.2, 0) is 18.9 Å². The van der Waals surface area contributed by atoms with Crippen molar-refractivity contribution in [2.75, 3.05) is 41.2 Å². The van der Waals surface area contributed by atoms with Crippen LogP contribution in [0.2, 0.25) is 0 Å². The lowest BCUT2D eigenvalue weighted by molar-refractivity contribution is 0.00947. The minimum absolute atomic E-state index is 0. The van der Waals surface area contributed by atoms with E-state index in [4.69, 9.17) is 18.9 Å². The van der Waals surface area contributed by atoms with E-state index in [0.29, 0.717) is 18.6 Å². The Morgan fingerprint density at radius 1 is 0.750 bits per heavy atom. The molecule has 0 amide bonds. The molecule has 0 fully saturated rings. The predicted molar refractivity (Wildman–Crippen MR) is 107 cm³/mol. The Hall–Kier alpha value is -0.160. The van der Waals surface area contributed by atoms with Crippen molar-refractivity contribution in [1.82, 2.24) is 0 Å². The van der Waals surface area contributed by atoms with Gasteiger partial charge in [-0.25, -0.2) is 0 Å². The van der Waals surface area contributed by atoms with Crippen LogP contribution < -0.4 is 0 Å². The van der Waals surface area contributed by atoms with Gasteiger partial charge in [0.2, 0.25) is 0 Å². The van der Waals surface area contributed by atoms with Crippen molar-refractivity contribution in [3.8, 4) is 0 Å². The van der Waals surface area contributed by atoms with Gasteiger partial charge in [-0.15, -0.1) is 0 Å². The highest BCUT2D eigenvalue weighted by atomic mass is 16.5. The Balaban J connectivity index is -0.000000129. The third-order valence-electron chi connectivity index (χ3n) is 3.62. The van der Waals surface area contributed by atoms with Crippen LogP contribution in [0.3, 0.4) is 0 Å². The molecule has 3 atom stereocenters. The summed E-state index contributed by atoms with van der Waals surface area (Å²) in [6, 6.07) is 0. The first-order valence-corrected chi connectivity index (χ1v) is 8.96. The molecule has 0 aromatic heterocycles. The third-order valence-corrected chi connectivity index (χ3v) is 3.62. The molecule has 0 saturated carbocycles. The van der Waals surface area contributed by atoms with Gasteiger partial charge in [0.15, 0.2) is 0 Å². The molecule has 0 saturated heterocycles. The molecular formula is C20H48O4. The molecule has 0 heterocycles. The molecule has 0 aliphatic carbocycles. The van der Waals surface area contributed by atoms with Crippen LogP contribution in [-0.4, -0.2) is 53.4 Å². The van der Waals surface area contributed by atoms with E-state index in [2.05, 4.69) is 41.5 Å². The molecule has 0 rings (SSSR count). The summed E-state index contributed by atoms with van der Waals surface area (Å²) >= 11 is 0. The Labute approximate surface area is 153 Å². The molecule has 0 aromatic carbocycles. The van der Waals surface area contributed by atoms with Crippen molar-refractivity contribution in [2.45, 2.75) is 80.9 Å². The Bertz CT molecular complexity index is 184. The predicted octanol–water partition coefficient (Wildman–Crippen LogP) is 5.44. The fourth-order valence-electron chi connectivity index (χ4n) is 1.36. The average Bonchev–Trinajstić information content (AvgIpc) is 2.54. The largest absolute Gasteiger partial charge is 0.384 e. The SMILES string of the molecule is C.CCC(C)C.CCC(COC)OC.CCOC(C)C(C)COC. The number of methoxy groups -OCH3 is 3. The van der Waals surface area contributed by atoms with Gasteiger partial charge in [0.05, 0.1) is 25.4 Å². The standard InChI is InChI=1S/C8H18O2.C6H14O2.C5H12.CH4/c1-5-10-8(3)7(2)6-9-4;1-4-6(8-3)5-7-2;1-4-5(2)3;/h7-8H,5-6H2,1-4H3;6H,4-5H2,1-3H3;5H,4H2,1-3H3;1H4. The summed E-state index contributed by atoms with van der Waals surface area (Å²) in [5.41, 5.74) is 0. The monoisotopic (exact) mass is 352 g/mol. The normalized spacial score (nSPS) is 13.6. The van der Waals surface area contributed by atoms with Crippen LogP contribution in [0.4, 0.5) is 0 Å². The summed E-state index contributed by atoms with van der Waals surface area (Å²) in [4.78, 5) is 0. The summed E-state index contributed by atoms with van der Waals surface area (Å²) in [6.45, 7) is 17.2. The van der Waals surface area contributed by atoms with Crippen molar-refractivity contribution in [3.63, 3.8) is 0 Å². The lowest BCUT2D eigenvalue weighted by atomic mass is 10.1. The Morgan fingerprint density at radius 2 is 1.21 bits per heavy atom. The molecular weight excluding hydrogens is 304 g/mol. The van der Waals surface area contributed by atoms with Gasteiger partial charge in [-0.2, -0.15) is 0 Å². The zero-order valence-electron chi connectivity index (χ0n) is 17.5. The molecule has 0 aliphatic rings. The summed E-state index contributed by atoms with van der Waals surface area (Å²) in [5.74, 6) is 1.37. The van der Waals surface area contributed by atoms with E-state index in [0.717, 1.165) is 25.6 Å². The van der Waals surface area contributed by atoms with Gasteiger partial charge >= 0.3 is 0 Å². The van der Waals surface area contributed by atoms with E-state index in [-0.39, 0.29) is 13.5 Å². The highest BCUT2D eigenvalue weighted by Gasteiger charge is 2.10. The number of ether oxygens (including phenoxy) is 4. The first-order valence-electron chi connectivity index (χ1n) is 8.96. The van der Waals surface area contributed by atoms with Gasteiger partial charge in [-0.1, -0.05) is 48.5 Å². The highest BCUT2D eigenvalue weighted by Crippen LogP contribution is 2.06. The summed E-state index contributed by atoms with van der Waals surface area (Å²) < 4.78 is 20.2. The average molecular weight is 353 g/mol. The van der Waals surface area contributed by atoms with Crippen LogP contribution in [0.5, 0.6) is 0 Å². The van der Waals surface area contributed by atoms with Crippen molar-refractivity contribution in [3.05, 3.63) is 0 Å². The van der Waals surface area contributed by atoms with E-state index < -0.39 is 0 Å². The van der Waals surface area contributed by atoms with Crippen LogP contribution >= 0.6 is 0 Å². The van der Waals surface area contributed by atoms with Crippen LogP contribution in [0.15, 0.2) is 0 Å². The van der Waals surface area contributed by atoms with E-state index >= 15 is 0 Å². The summed E-state index contributed by atoms with van der Waals surface area (Å²) in [5, 5.41) is 0. The Morgan fingerprint density at radius 3 is 1.42 bits per heavy atom. The number of hydrogen-bond donors (Lipinski definition) is 0. The maximum absolute atomic E-state index is 5.38. The van der Waals surface area contributed by atoms with Crippen LogP contribution in [0.25, 0.3) is 0 Å². The minimum Gasteiger partial charge on any atom is -0.384 e. The van der Waals surface area contributed by atoms with E-state index in [1.165, 1.54) is 6.42 Å². The van der Waals surface area contributed by atoms with E-state index in [9.17, 15) is 0 Å². The number of hydrogen-bond acceptors (Lipinski definition) is 4. The lowest BCUT2D eigenvalue weighted by Gasteiger charge is -2.18. The molecule has 0 aromatic rings. The van der Waals surface area contributed by atoms with Crippen molar-refractivity contribution in [2.24, 2.45) is 11.8 Å². The summed E-state index contributed by atoms with van der Waals surface area (Å²) in [6.07, 6.45) is 2.91. The molecule has 0 radical (unpaired) electrons. The van der Waals surface area contributed by atoms with E-state index in [1.54, 1.807) is 21.3 Å². The lowest BCUT2D eigenvalue weighted by Crippen LogP contribution is -2.21. The molecule has 4 nitrogen and oxygen atoms in total. The second kappa shape index (κ2) is 25.1. The third kappa shape index (κ3) is 26.7. The Kier molecular flexibility index (Phi) is 33.0. The molecule has 0 aliphatic heterocycles. The fraction of sp³-hybridized carbons (Fsp3) is 1.00. The highest BCUT2D eigenvalue weighted by molar-refractivity contribution is 4.59. The molecule has 4 heteroatoms. The zero-order chi connectivity index (χ0) is 18.7. The van der Waals surface area contributed by atoms with Crippen LogP contribution in [0.1, 0.15) is 68.7 Å². The molecule has 0 spiro atoms. The summed E-state index contributed by atoms with van der Waals surface area (Å²) in [7, 11) is 5.10. The van der Waals surface area contributed by atoms with Crippen molar-refractivity contribution >= 4 is 0 Å². The maximum atomic E-state index is 5.38. The molecule has 0 bridgehead atoms. The fourth-order valence-corrected chi connectivity index (χ4v) is 1.36. The van der Waals surface area contributed by atoms with Crippen LogP contribution in [0, 0.1) is 11.8 Å². The first kappa shape index (κ1) is 31.6. The van der Waals surface area contributed by atoms with Crippen molar-refractivity contribution in [1.29, 1.82) is 0 Å². The number of rotatable bonds is 10. The van der Waals surface area contributed by atoms with Gasteiger partial charge in [0, 0.05) is 33.9 Å². The van der Waals surface area contributed by atoms with Gasteiger partial charge in [0.25, 0.3) is 0 Å². The van der Waals surface area contributed by atoms with Gasteiger partial charge < -0.3 is 18.9 Å². The topological polar surface area (TPSA) is 36.9 Å². The zero-order valence-corrected chi connectivity index (χ0v) is 17.5. The van der Waals surface area contributed by atoms with Crippen molar-refractivity contribution < 1.29 is 18.9 Å². The second-order valence-corrected chi connectivity index (χ2v) is 6.12.